The zero-order valence-corrected chi connectivity index (χ0v) is 18.1. The van der Waals surface area contributed by atoms with Crippen molar-refractivity contribution in [1.29, 1.82) is 0 Å². The first-order valence-corrected chi connectivity index (χ1v) is 10.6. The number of para-hydroxylation sites is 1. The largest absolute Gasteiger partial charge is 0.487 e. The Morgan fingerprint density at radius 2 is 1.94 bits per heavy atom. The quantitative estimate of drug-likeness (QED) is 0.403. The maximum Gasteiger partial charge on any atom is 0.262 e. The number of carbonyl (C=O) groups is 1. The van der Waals surface area contributed by atoms with Crippen LogP contribution in [-0.2, 0) is 24.5 Å². The molecular weight excluding hydrogens is 424 g/mol. The molecule has 4 rings (SSSR count). The number of hydrogen-bond donors (Lipinski definition) is 2. The highest BCUT2D eigenvalue weighted by Gasteiger charge is 2.08. The van der Waals surface area contributed by atoms with Gasteiger partial charge >= 0.3 is 0 Å². The fourth-order valence-electron chi connectivity index (χ4n) is 3.29. The summed E-state index contributed by atoms with van der Waals surface area (Å²) in [6.45, 7) is 0.939. The van der Waals surface area contributed by atoms with Gasteiger partial charge in [-0.2, -0.15) is 0 Å². The highest BCUT2D eigenvalue weighted by molar-refractivity contribution is 7.71. The zero-order chi connectivity index (χ0) is 22.3. The lowest BCUT2D eigenvalue weighted by molar-refractivity contribution is -0.121. The van der Waals surface area contributed by atoms with E-state index in [-0.39, 0.29) is 24.4 Å². The first-order chi connectivity index (χ1) is 15.6. The monoisotopic (exact) mass is 446 g/mol. The van der Waals surface area contributed by atoms with Gasteiger partial charge in [0, 0.05) is 25.7 Å². The molecule has 4 aromatic rings. The molecule has 0 atom stereocenters. The number of pyridine rings is 1. The third-order valence-electron chi connectivity index (χ3n) is 4.95. The minimum absolute atomic E-state index is 0.144. The molecule has 2 heterocycles. The molecule has 0 saturated carbocycles. The van der Waals surface area contributed by atoms with Crippen molar-refractivity contribution in [2.24, 2.45) is 0 Å². The lowest BCUT2D eigenvalue weighted by Gasteiger charge is -2.10. The molecular formula is C24H22N4O3S. The number of nitrogens with one attached hydrogen (secondary N) is 2. The van der Waals surface area contributed by atoms with Gasteiger partial charge in [-0.05, 0) is 54.2 Å². The Morgan fingerprint density at radius 1 is 1.09 bits per heavy atom. The van der Waals surface area contributed by atoms with Crippen molar-refractivity contribution in [1.82, 2.24) is 19.9 Å². The SMILES string of the molecule is O=C(CCn1c(=S)[nH]c2ccccc2c1=O)NCc1cccc(OCc2ccccn2)c1. The Labute approximate surface area is 189 Å². The lowest BCUT2D eigenvalue weighted by Crippen LogP contribution is -2.28. The van der Waals surface area contributed by atoms with E-state index in [0.717, 1.165) is 11.3 Å². The molecule has 0 aliphatic heterocycles. The highest BCUT2D eigenvalue weighted by Crippen LogP contribution is 2.15. The van der Waals surface area contributed by atoms with Gasteiger partial charge in [-0.25, -0.2) is 0 Å². The van der Waals surface area contributed by atoms with Crippen LogP contribution in [0.2, 0.25) is 0 Å². The average Bonchev–Trinajstić information content (AvgIpc) is 2.82. The number of fused-ring (bicyclic) bond motifs is 1. The Kier molecular flexibility index (Phi) is 6.72. The smallest absolute Gasteiger partial charge is 0.262 e. The van der Waals surface area contributed by atoms with Gasteiger partial charge < -0.3 is 15.0 Å². The van der Waals surface area contributed by atoms with Crippen LogP contribution in [-0.4, -0.2) is 20.4 Å². The summed E-state index contributed by atoms with van der Waals surface area (Å²) in [5.74, 6) is 0.538. The van der Waals surface area contributed by atoms with Gasteiger partial charge in [0.1, 0.15) is 12.4 Å². The van der Waals surface area contributed by atoms with Crippen LogP contribution in [0.5, 0.6) is 5.75 Å². The Hall–Kier alpha value is -3.78. The van der Waals surface area contributed by atoms with Gasteiger partial charge in [0.05, 0.1) is 16.6 Å². The van der Waals surface area contributed by atoms with Crippen LogP contribution in [0, 0.1) is 4.77 Å². The summed E-state index contributed by atoms with van der Waals surface area (Å²) in [5, 5.41) is 3.43. The molecule has 0 aliphatic rings. The average molecular weight is 447 g/mol. The van der Waals surface area contributed by atoms with E-state index in [1.54, 1.807) is 24.4 Å². The van der Waals surface area contributed by atoms with Crippen molar-refractivity contribution in [3.8, 4) is 5.75 Å². The molecule has 2 N–H and O–H groups in total. The molecule has 0 saturated heterocycles. The van der Waals surface area contributed by atoms with Crippen molar-refractivity contribution in [2.75, 3.05) is 0 Å². The molecule has 0 bridgehead atoms. The van der Waals surface area contributed by atoms with E-state index < -0.39 is 0 Å². The number of carbonyl (C=O) groups excluding carboxylic acids is 1. The van der Waals surface area contributed by atoms with Crippen LogP contribution >= 0.6 is 12.2 Å². The summed E-state index contributed by atoms with van der Waals surface area (Å²) >= 11 is 5.29. The normalized spacial score (nSPS) is 10.8. The highest BCUT2D eigenvalue weighted by atomic mass is 32.1. The Bertz CT molecular complexity index is 1350. The van der Waals surface area contributed by atoms with Gasteiger partial charge in [0.2, 0.25) is 5.91 Å². The Morgan fingerprint density at radius 3 is 2.78 bits per heavy atom. The summed E-state index contributed by atoms with van der Waals surface area (Å²) in [6, 6.07) is 20.4. The number of rotatable bonds is 8. The van der Waals surface area contributed by atoms with E-state index in [1.807, 2.05) is 48.5 Å². The number of aromatic amines is 1. The molecule has 8 heteroatoms. The molecule has 32 heavy (non-hydrogen) atoms. The van der Waals surface area contributed by atoms with Gasteiger partial charge in [0.15, 0.2) is 4.77 Å². The molecule has 2 aromatic carbocycles. The molecule has 162 valence electrons. The van der Waals surface area contributed by atoms with Gasteiger partial charge in [0.25, 0.3) is 5.56 Å². The molecule has 0 unspecified atom stereocenters. The van der Waals surface area contributed by atoms with Crippen molar-refractivity contribution in [2.45, 2.75) is 26.1 Å². The molecule has 7 nitrogen and oxygen atoms in total. The topological polar surface area (TPSA) is 89.0 Å². The van der Waals surface area contributed by atoms with Crippen LogP contribution in [0.3, 0.4) is 0 Å². The number of H-pyrrole nitrogens is 1. The first kappa shape index (κ1) is 21.5. The van der Waals surface area contributed by atoms with Gasteiger partial charge in [-0.15, -0.1) is 0 Å². The van der Waals surface area contributed by atoms with E-state index >= 15 is 0 Å². The molecule has 0 fully saturated rings. The summed E-state index contributed by atoms with van der Waals surface area (Å²) in [5.41, 5.74) is 2.24. The third-order valence-corrected chi connectivity index (χ3v) is 5.28. The first-order valence-electron chi connectivity index (χ1n) is 10.2. The van der Waals surface area contributed by atoms with Crippen molar-refractivity contribution in [3.05, 3.63) is 99.3 Å². The maximum absolute atomic E-state index is 12.7. The van der Waals surface area contributed by atoms with Crippen LogP contribution in [0.4, 0.5) is 0 Å². The van der Waals surface area contributed by atoms with E-state index in [0.29, 0.717) is 34.6 Å². The van der Waals surface area contributed by atoms with Gasteiger partial charge in [-0.3, -0.25) is 19.1 Å². The van der Waals surface area contributed by atoms with Gasteiger partial charge in [-0.1, -0.05) is 30.3 Å². The standard InChI is InChI=1S/C24H22N4O3S/c29-22(11-13-28-23(30)20-9-1-2-10-21(20)27-24(28)32)26-15-17-6-5-8-19(14-17)31-16-18-7-3-4-12-25-18/h1-10,12,14H,11,13,15-16H2,(H,26,29)(H,27,32). The number of nitrogens with zero attached hydrogens (tertiary/aromatic N) is 2. The summed E-state index contributed by atoms with van der Waals surface area (Å²) in [6.07, 6.45) is 1.87. The molecule has 0 aliphatic carbocycles. The third kappa shape index (κ3) is 5.28. The Balaban J connectivity index is 1.32. The fraction of sp³-hybridized carbons (Fsp3) is 0.167. The van der Waals surface area contributed by atoms with E-state index in [2.05, 4.69) is 15.3 Å². The number of aromatic nitrogens is 3. The summed E-state index contributed by atoms with van der Waals surface area (Å²) in [7, 11) is 0. The number of benzene rings is 2. The lowest BCUT2D eigenvalue weighted by atomic mass is 10.2. The molecule has 2 aromatic heterocycles. The summed E-state index contributed by atoms with van der Waals surface area (Å²) < 4.78 is 7.50. The summed E-state index contributed by atoms with van der Waals surface area (Å²) in [4.78, 5) is 32.3. The predicted molar refractivity (Wildman–Crippen MR) is 125 cm³/mol. The second-order valence-corrected chi connectivity index (χ2v) is 7.60. The maximum atomic E-state index is 12.7. The van der Waals surface area contributed by atoms with E-state index in [4.69, 9.17) is 17.0 Å². The van der Waals surface area contributed by atoms with E-state index in [1.165, 1.54) is 4.57 Å². The van der Waals surface area contributed by atoms with Crippen LogP contribution in [0.15, 0.2) is 77.7 Å². The van der Waals surface area contributed by atoms with Crippen molar-refractivity contribution < 1.29 is 9.53 Å². The predicted octanol–water partition coefficient (Wildman–Crippen LogP) is 3.74. The fourth-order valence-corrected chi connectivity index (χ4v) is 3.57. The minimum atomic E-state index is -0.199. The van der Waals surface area contributed by atoms with Crippen LogP contribution in [0.25, 0.3) is 10.9 Å². The number of amides is 1. The van der Waals surface area contributed by atoms with E-state index in [9.17, 15) is 9.59 Å². The van der Waals surface area contributed by atoms with Crippen molar-refractivity contribution >= 4 is 29.0 Å². The second-order valence-electron chi connectivity index (χ2n) is 7.22. The number of hydrogen-bond acceptors (Lipinski definition) is 5. The second kappa shape index (κ2) is 10.0. The molecule has 0 spiro atoms. The van der Waals surface area contributed by atoms with Crippen LogP contribution in [0.1, 0.15) is 17.7 Å². The van der Waals surface area contributed by atoms with Crippen molar-refractivity contribution in [3.63, 3.8) is 0 Å². The minimum Gasteiger partial charge on any atom is -0.487 e. The van der Waals surface area contributed by atoms with Crippen LogP contribution < -0.4 is 15.6 Å². The number of ether oxygens (including phenoxy) is 1. The molecule has 0 radical (unpaired) electrons. The zero-order valence-electron chi connectivity index (χ0n) is 17.3. The molecule has 1 amide bonds.